The molecule has 0 spiro atoms. The van der Waals surface area contributed by atoms with E-state index in [9.17, 15) is 9.50 Å². The third kappa shape index (κ3) is 3.92. The fourth-order valence-electron chi connectivity index (χ4n) is 2.55. The highest BCUT2D eigenvalue weighted by Gasteiger charge is 2.14. The summed E-state index contributed by atoms with van der Waals surface area (Å²) >= 11 is 3.32. The molecule has 0 saturated heterocycles. The topological polar surface area (TPSA) is 38.0 Å². The Morgan fingerprint density at radius 2 is 2.10 bits per heavy atom. The maximum Gasteiger partial charge on any atom is 0.126 e. The Morgan fingerprint density at radius 3 is 2.71 bits per heavy atom. The Hall–Kier alpha value is -1.20. The zero-order valence-corrected chi connectivity index (χ0v) is 14.1. The van der Waals surface area contributed by atoms with Gasteiger partial charge in [-0.05, 0) is 56.0 Å². The molecular formula is C16H20BrFN2O. The standard InChI is InChI=1S/C16H20BrFN2O/c1-10-15(11(2)20(3)19-10)6-5-14(21)9-12-8-13(17)4-7-16(12)18/h4,7-8,14,21H,5-6,9H2,1-3H3. The molecule has 0 saturated carbocycles. The van der Waals surface area contributed by atoms with Crippen molar-refractivity contribution in [3.8, 4) is 0 Å². The predicted molar refractivity (Wildman–Crippen MR) is 84.8 cm³/mol. The highest BCUT2D eigenvalue weighted by Crippen LogP contribution is 2.20. The van der Waals surface area contributed by atoms with Crippen molar-refractivity contribution in [2.24, 2.45) is 7.05 Å². The molecule has 114 valence electrons. The van der Waals surface area contributed by atoms with Crippen molar-refractivity contribution in [3.05, 3.63) is 51.0 Å². The second kappa shape index (κ2) is 6.71. The van der Waals surface area contributed by atoms with Gasteiger partial charge >= 0.3 is 0 Å². The average Bonchev–Trinajstić information content (AvgIpc) is 2.66. The number of hydrogen-bond acceptors (Lipinski definition) is 2. The molecule has 0 aliphatic heterocycles. The predicted octanol–water partition coefficient (Wildman–Crippen LogP) is 3.47. The molecule has 0 aliphatic rings. The van der Waals surface area contributed by atoms with Gasteiger partial charge in [0.25, 0.3) is 0 Å². The minimum atomic E-state index is -0.562. The fourth-order valence-corrected chi connectivity index (χ4v) is 2.95. The molecule has 1 heterocycles. The largest absolute Gasteiger partial charge is 0.393 e. The van der Waals surface area contributed by atoms with E-state index in [0.717, 1.165) is 22.3 Å². The Morgan fingerprint density at radius 1 is 1.38 bits per heavy atom. The van der Waals surface area contributed by atoms with E-state index >= 15 is 0 Å². The molecule has 0 amide bonds. The van der Waals surface area contributed by atoms with E-state index in [4.69, 9.17) is 0 Å². The number of aromatic nitrogens is 2. The lowest BCUT2D eigenvalue weighted by Gasteiger charge is -2.12. The van der Waals surface area contributed by atoms with E-state index in [1.54, 1.807) is 12.1 Å². The average molecular weight is 355 g/mol. The van der Waals surface area contributed by atoms with E-state index in [-0.39, 0.29) is 5.82 Å². The molecule has 0 bridgehead atoms. The minimum Gasteiger partial charge on any atom is -0.393 e. The highest BCUT2D eigenvalue weighted by atomic mass is 79.9. The van der Waals surface area contributed by atoms with Gasteiger partial charge in [0.2, 0.25) is 0 Å². The summed E-state index contributed by atoms with van der Waals surface area (Å²) in [6.07, 6.45) is 1.11. The lowest BCUT2D eigenvalue weighted by atomic mass is 10.00. The maximum absolute atomic E-state index is 13.7. The van der Waals surface area contributed by atoms with Crippen LogP contribution in [0.5, 0.6) is 0 Å². The minimum absolute atomic E-state index is 0.272. The summed E-state index contributed by atoms with van der Waals surface area (Å²) in [6.45, 7) is 4.00. The highest BCUT2D eigenvalue weighted by molar-refractivity contribution is 9.10. The second-order valence-electron chi connectivity index (χ2n) is 5.41. The Kier molecular flexibility index (Phi) is 5.17. The van der Waals surface area contributed by atoms with Gasteiger partial charge in [0, 0.05) is 23.6 Å². The van der Waals surface area contributed by atoms with Crippen LogP contribution in [0.15, 0.2) is 22.7 Å². The number of rotatable bonds is 5. The van der Waals surface area contributed by atoms with E-state index in [0.29, 0.717) is 18.4 Å². The van der Waals surface area contributed by atoms with Gasteiger partial charge in [-0.15, -0.1) is 0 Å². The monoisotopic (exact) mass is 354 g/mol. The first kappa shape index (κ1) is 16.2. The van der Waals surface area contributed by atoms with E-state index < -0.39 is 6.10 Å². The van der Waals surface area contributed by atoms with Gasteiger partial charge in [-0.25, -0.2) is 4.39 Å². The molecule has 1 aromatic carbocycles. The molecule has 1 atom stereocenters. The summed E-state index contributed by atoms with van der Waals surface area (Å²) < 4.78 is 16.4. The third-order valence-corrected chi connectivity index (χ3v) is 4.34. The fraction of sp³-hybridized carbons (Fsp3) is 0.438. The first-order chi connectivity index (χ1) is 9.88. The molecule has 2 rings (SSSR count). The Balaban J connectivity index is 1.99. The van der Waals surface area contributed by atoms with Crippen LogP contribution in [0.2, 0.25) is 0 Å². The molecule has 3 nitrogen and oxygen atoms in total. The smallest absolute Gasteiger partial charge is 0.126 e. The zero-order chi connectivity index (χ0) is 15.6. The summed E-state index contributed by atoms with van der Waals surface area (Å²) in [5, 5.41) is 14.5. The van der Waals surface area contributed by atoms with Crippen molar-refractivity contribution in [1.82, 2.24) is 9.78 Å². The lowest BCUT2D eigenvalue weighted by molar-refractivity contribution is 0.164. The number of benzene rings is 1. The molecule has 1 N–H and O–H groups in total. The van der Waals surface area contributed by atoms with Crippen LogP contribution in [0.4, 0.5) is 4.39 Å². The third-order valence-electron chi connectivity index (χ3n) is 3.85. The number of aliphatic hydroxyl groups is 1. The van der Waals surface area contributed by atoms with Crippen LogP contribution in [0.1, 0.15) is 28.9 Å². The summed E-state index contributed by atoms with van der Waals surface area (Å²) in [6, 6.07) is 4.80. The summed E-state index contributed by atoms with van der Waals surface area (Å²) in [4.78, 5) is 0. The Labute approximate surface area is 132 Å². The molecule has 21 heavy (non-hydrogen) atoms. The van der Waals surface area contributed by atoms with Gasteiger partial charge in [0.15, 0.2) is 0 Å². The van der Waals surface area contributed by atoms with Crippen molar-refractivity contribution in [2.75, 3.05) is 0 Å². The van der Waals surface area contributed by atoms with Gasteiger partial charge in [-0.2, -0.15) is 5.10 Å². The van der Waals surface area contributed by atoms with Crippen molar-refractivity contribution >= 4 is 15.9 Å². The van der Waals surface area contributed by atoms with Gasteiger partial charge in [0.05, 0.1) is 11.8 Å². The summed E-state index contributed by atoms with van der Waals surface area (Å²) in [5.41, 5.74) is 3.83. The molecule has 0 fully saturated rings. The number of aliphatic hydroxyl groups excluding tert-OH is 1. The van der Waals surface area contributed by atoms with E-state index in [1.165, 1.54) is 11.6 Å². The van der Waals surface area contributed by atoms with Crippen LogP contribution < -0.4 is 0 Å². The van der Waals surface area contributed by atoms with Crippen molar-refractivity contribution in [3.63, 3.8) is 0 Å². The van der Waals surface area contributed by atoms with Gasteiger partial charge in [0.1, 0.15) is 5.82 Å². The van der Waals surface area contributed by atoms with Gasteiger partial charge < -0.3 is 5.11 Å². The van der Waals surface area contributed by atoms with Gasteiger partial charge in [-0.1, -0.05) is 15.9 Å². The van der Waals surface area contributed by atoms with Gasteiger partial charge in [-0.3, -0.25) is 4.68 Å². The molecule has 0 radical (unpaired) electrons. The van der Waals surface area contributed by atoms with E-state index in [2.05, 4.69) is 21.0 Å². The maximum atomic E-state index is 13.7. The molecular weight excluding hydrogens is 335 g/mol. The van der Waals surface area contributed by atoms with Crippen molar-refractivity contribution in [2.45, 2.75) is 39.2 Å². The van der Waals surface area contributed by atoms with Crippen LogP contribution >= 0.6 is 15.9 Å². The zero-order valence-electron chi connectivity index (χ0n) is 12.5. The molecule has 1 aromatic heterocycles. The molecule has 1 unspecified atom stereocenters. The number of halogens is 2. The number of nitrogens with zero attached hydrogens (tertiary/aromatic N) is 2. The van der Waals surface area contributed by atoms with E-state index in [1.807, 2.05) is 25.6 Å². The first-order valence-corrected chi connectivity index (χ1v) is 7.79. The SMILES string of the molecule is Cc1nn(C)c(C)c1CCC(O)Cc1cc(Br)ccc1F. The van der Waals surface area contributed by atoms with Crippen LogP contribution in [-0.2, 0) is 19.9 Å². The lowest BCUT2D eigenvalue weighted by Crippen LogP contribution is -2.13. The molecule has 0 aliphatic carbocycles. The van der Waals surface area contributed by atoms with Crippen molar-refractivity contribution in [1.29, 1.82) is 0 Å². The molecule has 2 aromatic rings. The van der Waals surface area contributed by atoms with Crippen LogP contribution in [-0.4, -0.2) is 21.0 Å². The summed E-state index contributed by atoms with van der Waals surface area (Å²) in [5.74, 6) is -0.272. The number of hydrogen-bond donors (Lipinski definition) is 1. The van der Waals surface area contributed by atoms with Crippen molar-refractivity contribution < 1.29 is 9.50 Å². The Bertz CT molecular complexity index is 639. The summed E-state index contributed by atoms with van der Waals surface area (Å²) in [7, 11) is 1.92. The van der Waals surface area contributed by atoms with Crippen LogP contribution in [0.25, 0.3) is 0 Å². The quantitative estimate of drug-likeness (QED) is 0.892. The normalized spacial score (nSPS) is 12.7. The number of aryl methyl sites for hydroxylation is 2. The van der Waals surface area contributed by atoms with Crippen LogP contribution in [0, 0.1) is 19.7 Å². The second-order valence-corrected chi connectivity index (χ2v) is 6.32. The first-order valence-electron chi connectivity index (χ1n) is 6.99. The van der Waals surface area contributed by atoms with Crippen LogP contribution in [0.3, 0.4) is 0 Å². The molecule has 5 heteroatoms.